The SMILES string of the molecule is Cc1c(C)n(-c2ccc(CN(/C(=N\N)c3ccccc3)c3ccncc3)cc2)c2ccccc12. The minimum absolute atomic E-state index is 0.625. The molecule has 2 N–H and O–H groups in total. The summed E-state index contributed by atoms with van der Waals surface area (Å²) in [4.78, 5) is 6.29. The lowest BCUT2D eigenvalue weighted by atomic mass is 10.1. The number of para-hydroxylation sites is 1. The summed E-state index contributed by atoms with van der Waals surface area (Å²) in [6.45, 7) is 4.99. The van der Waals surface area contributed by atoms with Crippen LogP contribution in [0.3, 0.4) is 0 Å². The van der Waals surface area contributed by atoms with Crippen LogP contribution in [-0.4, -0.2) is 15.4 Å². The Morgan fingerprint density at radius 2 is 1.53 bits per heavy atom. The van der Waals surface area contributed by atoms with E-state index in [-0.39, 0.29) is 0 Å². The van der Waals surface area contributed by atoms with Crippen molar-refractivity contribution < 1.29 is 0 Å². The van der Waals surface area contributed by atoms with Gasteiger partial charge in [0, 0.05) is 47.0 Å². The third-order valence-electron chi connectivity index (χ3n) is 6.35. The molecule has 2 aromatic heterocycles. The normalized spacial score (nSPS) is 11.6. The number of hydrogen-bond donors (Lipinski definition) is 1. The number of amidine groups is 1. The van der Waals surface area contributed by atoms with Gasteiger partial charge in [-0.15, -0.1) is 0 Å². The van der Waals surface area contributed by atoms with E-state index >= 15 is 0 Å². The predicted molar refractivity (Wildman–Crippen MR) is 140 cm³/mol. The fraction of sp³-hybridized carbons (Fsp3) is 0.103. The van der Waals surface area contributed by atoms with E-state index in [0.29, 0.717) is 12.4 Å². The molecule has 0 saturated carbocycles. The quantitative estimate of drug-likeness (QED) is 0.157. The number of hydrazone groups is 1. The number of pyridine rings is 1. The Hall–Kier alpha value is -4.38. The molecule has 5 rings (SSSR count). The number of aryl methyl sites for hydroxylation is 1. The largest absolute Gasteiger partial charge is 0.321 e. The summed E-state index contributed by atoms with van der Waals surface area (Å²) in [5, 5.41) is 5.45. The molecule has 0 fully saturated rings. The lowest BCUT2D eigenvalue weighted by molar-refractivity contribution is 0.981. The molecule has 0 radical (unpaired) electrons. The second kappa shape index (κ2) is 9.24. The van der Waals surface area contributed by atoms with Gasteiger partial charge in [0.1, 0.15) is 0 Å². The Kier molecular flexibility index (Phi) is 5.83. The molecule has 168 valence electrons. The van der Waals surface area contributed by atoms with Crippen molar-refractivity contribution >= 4 is 22.4 Å². The molecule has 0 atom stereocenters. The van der Waals surface area contributed by atoms with Crippen molar-refractivity contribution in [2.24, 2.45) is 10.9 Å². The molecule has 34 heavy (non-hydrogen) atoms. The number of fused-ring (bicyclic) bond motifs is 1. The summed E-state index contributed by atoms with van der Waals surface area (Å²) in [5.74, 6) is 6.60. The van der Waals surface area contributed by atoms with E-state index in [4.69, 9.17) is 5.84 Å². The zero-order valence-corrected chi connectivity index (χ0v) is 19.4. The van der Waals surface area contributed by atoms with E-state index < -0.39 is 0 Å². The van der Waals surface area contributed by atoms with Gasteiger partial charge in [-0.3, -0.25) is 4.98 Å². The maximum absolute atomic E-state index is 5.90. The molecule has 5 aromatic rings. The van der Waals surface area contributed by atoms with Crippen LogP contribution in [0.5, 0.6) is 0 Å². The average molecular weight is 446 g/mol. The van der Waals surface area contributed by atoms with Crippen molar-refractivity contribution in [2.45, 2.75) is 20.4 Å². The van der Waals surface area contributed by atoms with Crippen molar-refractivity contribution in [3.8, 4) is 5.69 Å². The van der Waals surface area contributed by atoms with Crippen molar-refractivity contribution in [3.63, 3.8) is 0 Å². The Labute approximate surface area is 199 Å². The van der Waals surface area contributed by atoms with Crippen molar-refractivity contribution in [1.82, 2.24) is 9.55 Å². The molecule has 0 spiro atoms. The standard InChI is InChI=1S/C29H27N5/c1-21-22(2)34(28-11-7-6-10-27(21)28)26-14-12-23(13-15-26)20-33(25-16-18-31-19-17-25)29(32-30)24-8-4-3-5-9-24/h3-19H,20,30H2,1-2H3/b32-29-. The van der Waals surface area contributed by atoms with Crippen molar-refractivity contribution in [1.29, 1.82) is 0 Å². The number of hydrogen-bond acceptors (Lipinski definition) is 3. The number of nitrogens with zero attached hydrogens (tertiary/aromatic N) is 4. The Balaban J connectivity index is 1.51. The fourth-order valence-electron chi connectivity index (χ4n) is 4.49. The Morgan fingerprint density at radius 3 is 2.24 bits per heavy atom. The maximum Gasteiger partial charge on any atom is 0.160 e. The molecule has 0 bridgehead atoms. The predicted octanol–water partition coefficient (Wildman–Crippen LogP) is 5.97. The van der Waals surface area contributed by atoms with Crippen LogP contribution in [0.4, 0.5) is 5.69 Å². The number of nitrogens with two attached hydrogens (primary N) is 1. The minimum Gasteiger partial charge on any atom is -0.321 e. The highest BCUT2D eigenvalue weighted by Gasteiger charge is 2.17. The molecule has 0 aliphatic rings. The molecular weight excluding hydrogens is 418 g/mol. The zero-order valence-electron chi connectivity index (χ0n) is 19.4. The van der Waals surface area contributed by atoms with Crippen LogP contribution >= 0.6 is 0 Å². The summed E-state index contributed by atoms with van der Waals surface area (Å²) in [5.41, 5.74) is 8.05. The number of anilines is 1. The second-order valence-electron chi connectivity index (χ2n) is 8.34. The zero-order chi connectivity index (χ0) is 23.5. The van der Waals surface area contributed by atoms with Crippen LogP contribution in [0, 0.1) is 13.8 Å². The molecule has 0 amide bonds. The van der Waals surface area contributed by atoms with Gasteiger partial charge in [0.2, 0.25) is 0 Å². The first-order valence-corrected chi connectivity index (χ1v) is 11.3. The Bertz CT molecular complexity index is 1440. The molecule has 0 saturated heterocycles. The van der Waals surface area contributed by atoms with E-state index in [1.54, 1.807) is 12.4 Å². The molecule has 0 aliphatic carbocycles. The van der Waals surface area contributed by atoms with Gasteiger partial charge in [0.25, 0.3) is 0 Å². The smallest absolute Gasteiger partial charge is 0.160 e. The topological polar surface area (TPSA) is 59.4 Å². The number of aromatic nitrogens is 2. The lowest BCUT2D eigenvalue weighted by Gasteiger charge is -2.26. The summed E-state index contributed by atoms with van der Waals surface area (Å²) in [6, 6.07) is 31.2. The van der Waals surface area contributed by atoms with E-state index in [1.165, 1.54) is 22.2 Å². The summed E-state index contributed by atoms with van der Waals surface area (Å²) in [7, 11) is 0. The van der Waals surface area contributed by atoms with Gasteiger partial charge in [-0.25, -0.2) is 0 Å². The number of rotatable bonds is 5. The van der Waals surface area contributed by atoms with Crippen LogP contribution in [0.15, 0.2) is 108 Å². The van der Waals surface area contributed by atoms with Crippen LogP contribution in [0.2, 0.25) is 0 Å². The fourth-order valence-corrected chi connectivity index (χ4v) is 4.49. The molecule has 5 heteroatoms. The number of benzene rings is 3. The van der Waals surface area contributed by atoms with Crippen LogP contribution in [-0.2, 0) is 6.54 Å². The highest BCUT2D eigenvalue weighted by Crippen LogP contribution is 2.29. The molecule has 3 aromatic carbocycles. The highest BCUT2D eigenvalue weighted by atomic mass is 15.3. The summed E-state index contributed by atoms with van der Waals surface area (Å²) < 4.78 is 2.33. The van der Waals surface area contributed by atoms with Crippen molar-refractivity contribution in [2.75, 3.05) is 4.90 Å². The van der Waals surface area contributed by atoms with E-state index in [0.717, 1.165) is 22.5 Å². The van der Waals surface area contributed by atoms with Gasteiger partial charge in [-0.1, -0.05) is 60.7 Å². The maximum atomic E-state index is 5.90. The highest BCUT2D eigenvalue weighted by molar-refractivity contribution is 6.09. The molecule has 0 unspecified atom stereocenters. The minimum atomic E-state index is 0.625. The van der Waals surface area contributed by atoms with E-state index in [2.05, 4.69) is 81.9 Å². The van der Waals surface area contributed by atoms with Crippen LogP contribution in [0.25, 0.3) is 16.6 Å². The third-order valence-corrected chi connectivity index (χ3v) is 6.35. The van der Waals surface area contributed by atoms with Crippen molar-refractivity contribution in [3.05, 3.63) is 126 Å². The monoisotopic (exact) mass is 445 g/mol. The van der Waals surface area contributed by atoms with Crippen LogP contribution < -0.4 is 10.7 Å². The summed E-state index contributed by atoms with van der Waals surface area (Å²) in [6.07, 6.45) is 3.57. The first-order chi connectivity index (χ1) is 16.7. The van der Waals surface area contributed by atoms with Gasteiger partial charge < -0.3 is 15.3 Å². The first-order valence-electron chi connectivity index (χ1n) is 11.3. The van der Waals surface area contributed by atoms with Gasteiger partial charge in [0.15, 0.2) is 5.84 Å². The van der Waals surface area contributed by atoms with Gasteiger partial charge in [-0.2, -0.15) is 5.10 Å². The van der Waals surface area contributed by atoms with Gasteiger partial charge >= 0.3 is 0 Å². The first kappa shape index (κ1) is 21.5. The van der Waals surface area contributed by atoms with Gasteiger partial charge in [-0.05, 0) is 55.3 Å². The third kappa shape index (κ3) is 3.92. The molecular formula is C29H27N5. The average Bonchev–Trinajstić information content (AvgIpc) is 3.15. The lowest BCUT2D eigenvalue weighted by Crippen LogP contribution is -2.32. The molecule has 0 aliphatic heterocycles. The second-order valence-corrected chi connectivity index (χ2v) is 8.34. The molecule has 5 nitrogen and oxygen atoms in total. The molecule has 2 heterocycles. The van der Waals surface area contributed by atoms with E-state index in [1.807, 2.05) is 42.5 Å². The van der Waals surface area contributed by atoms with E-state index in [9.17, 15) is 0 Å². The summed E-state index contributed by atoms with van der Waals surface area (Å²) >= 11 is 0. The van der Waals surface area contributed by atoms with Crippen LogP contribution in [0.1, 0.15) is 22.4 Å². The Morgan fingerprint density at radius 1 is 0.853 bits per heavy atom. The van der Waals surface area contributed by atoms with Gasteiger partial charge in [0.05, 0.1) is 5.52 Å².